The van der Waals surface area contributed by atoms with Crippen LogP contribution in [0.2, 0.25) is 0 Å². The molecule has 2 aliphatic rings. The van der Waals surface area contributed by atoms with E-state index < -0.39 is 0 Å². The first-order valence-corrected chi connectivity index (χ1v) is 4.53. The Morgan fingerprint density at radius 1 is 1.67 bits per heavy atom. The Kier molecular flexibility index (Phi) is 1.17. The molecular weight excluding hydrogens is 152 g/mol. The van der Waals surface area contributed by atoms with Crippen LogP contribution in [-0.2, 0) is 11.3 Å². The number of rotatable bonds is 2. The summed E-state index contributed by atoms with van der Waals surface area (Å²) in [6, 6.07) is 0. The number of nitrogens with zero attached hydrogens (tertiary/aromatic N) is 2. The van der Waals surface area contributed by atoms with Crippen LogP contribution >= 0.6 is 0 Å². The van der Waals surface area contributed by atoms with Gasteiger partial charge in [-0.05, 0) is 19.3 Å². The normalized spacial score (nSPS) is 38.2. The van der Waals surface area contributed by atoms with E-state index in [1.165, 1.54) is 19.3 Å². The van der Waals surface area contributed by atoms with Crippen LogP contribution in [-0.4, -0.2) is 21.3 Å². The minimum atomic E-state index is 0.209. The van der Waals surface area contributed by atoms with Gasteiger partial charge in [-0.25, -0.2) is 4.98 Å². The van der Waals surface area contributed by atoms with Crippen molar-refractivity contribution in [3.8, 4) is 0 Å². The molecule has 64 valence electrons. The lowest BCUT2D eigenvalue weighted by Gasteiger charge is -2.08. The third kappa shape index (κ3) is 0.829. The van der Waals surface area contributed by atoms with Crippen LogP contribution in [0.4, 0.5) is 0 Å². The Hall–Kier alpha value is -0.830. The Balaban J connectivity index is 1.77. The largest absolute Gasteiger partial charge is 0.364 e. The molecule has 1 aliphatic carbocycles. The lowest BCUT2D eigenvalue weighted by molar-refractivity contribution is 0.231. The van der Waals surface area contributed by atoms with Gasteiger partial charge < -0.3 is 9.30 Å². The number of epoxide rings is 1. The van der Waals surface area contributed by atoms with Crippen molar-refractivity contribution in [2.75, 3.05) is 0 Å². The summed E-state index contributed by atoms with van der Waals surface area (Å²) in [4.78, 5) is 4.02. The van der Waals surface area contributed by atoms with Crippen molar-refractivity contribution in [1.29, 1.82) is 0 Å². The van der Waals surface area contributed by atoms with Crippen molar-refractivity contribution >= 4 is 0 Å². The third-order valence-electron chi connectivity index (χ3n) is 2.98. The van der Waals surface area contributed by atoms with Gasteiger partial charge in [0.25, 0.3) is 0 Å². The molecule has 2 fully saturated rings. The number of imidazole rings is 1. The van der Waals surface area contributed by atoms with E-state index in [-0.39, 0.29) is 5.60 Å². The van der Waals surface area contributed by atoms with Crippen LogP contribution in [0.5, 0.6) is 0 Å². The second-order valence-corrected chi connectivity index (χ2v) is 3.80. The molecule has 0 aromatic carbocycles. The van der Waals surface area contributed by atoms with E-state index in [4.69, 9.17) is 4.74 Å². The molecule has 0 bridgehead atoms. The summed E-state index contributed by atoms with van der Waals surface area (Å²) < 4.78 is 7.78. The van der Waals surface area contributed by atoms with E-state index in [2.05, 4.69) is 9.55 Å². The summed E-state index contributed by atoms with van der Waals surface area (Å²) in [7, 11) is 0. The van der Waals surface area contributed by atoms with E-state index in [9.17, 15) is 0 Å². The van der Waals surface area contributed by atoms with Crippen molar-refractivity contribution in [2.24, 2.45) is 0 Å². The van der Waals surface area contributed by atoms with Crippen LogP contribution in [0.3, 0.4) is 0 Å². The quantitative estimate of drug-likeness (QED) is 0.615. The van der Waals surface area contributed by atoms with E-state index in [0.29, 0.717) is 6.10 Å². The molecule has 0 radical (unpaired) electrons. The second kappa shape index (κ2) is 2.10. The molecule has 3 nitrogen and oxygen atoms in total. The zero-order valence-corrected chi connectivity index (χ0v) is 6.94. The highest BCUT2D eigenvalue weighted by molar-refractivity contribution is 5.07. The summed E-state index contributed by atoms with van der Waals surface area (Å²) in [6.07, 6.45) is 10.1. The Morgan fingerprint density at radius 3 is 3.25 bits per heavy atom. The highest BCUT2D eigenvalue weighted by atomic mass is 16.6. The number of fused-ring (bicyclic) bond motifs is 1. The Labute approximate surface area is 71.4 Å². The van der Waals surface area contributed by atoms with Crippen molar-refractivity contribution in [3.05, 3.63) is 18.7 Å². The highest BCUT2D eigenvalue weighted by Crippen LogP contribution is 2.50. The van der Waals surface area contributed by atoms with Crippen LogP contribution in [0, 0.1) is 0 Å². The second-order valence-electron chi connectivity index (χ2n) is 3.80. The van der Waals surface area contributed by atoms with Gasteiger partial charge in [-0.1, -0.05) is 0 Å². The maximum Gasteiger partial charge on any atom is 0.113 e. The van der Waals surface area contributed by atoms with Crippen LogP contribution in [0.15, 0.2) is 18.7 Å². The molecular formula is C9H12N2O. The van der Waals surface area contributed by atoms with Crippen LogP contribution < -0.4 is 0 Å². The molecule has 0 amide bonds. The first-order valence-electron chi connectivity index (χ1n) is 4.53. The van der Waals surface area contributed by atoms with Gasteiger partial charge >= 0.3 is 0 Å². The van der Waals surface area contributed by atoms with Crippen molar-refractivity contribution in [3.63, 3.8) is 0 Å². The molecule has 0 spiro atoms. The summed E-state index contributed by atoms with van der Waals surface area (Å²) in [5.74, 6) is 0. The SMILES string of the molecule is c1cn(CC23CCCC2O3)cn1. The van der Waals surface area contributed by atoms with Crippen molar-refractivity contribution in [2.45, 2.75) is 37.5 Å². The molecule has 1 aromatic heterocycles. The van der Waals surface area contributed by atoms with Gasteiger partial charge in [0.2, 0.25) is 0 Å². The van der Waals surface area contributed by atoms with Gasteiger partial charge in [-0.15, -0.1) is 0 Å². The summed E-state index contributed by atoms with van der Waals surface area (Å²) in [5.41, 5.74) is 0.209. The highest BCUT2D eigenvalue weighted by Gasteiger charge is 2.59. The van der Waals surface area contributed by atoms with Crippen LogP contribution in [0.1, 0.15) is 19.3 Å². The Bertz CT molecular complexity index is 283. The molecule has 1 aliphatic heterocycles. The zero-order chi connectivity index (χ0) is 8.02. The smallest absolute Gasteiger partial charge is 0.113 e. The minimum absolute atomic E-state index is 0.209. The molecule has 12 heavy (non-hydrogen) atoms. The van der Waals surface area contributed by atoms with Gasteiger partial charge in [-0.2, -0.15) is 0 Å². The van der Waals surface area contributed by atoms with E-state index in [1.807, 2.05) is 18.7 Å². The molecule has 1 saturated carbocycles. The fourth-order valence-electron chi connectivity index (χ4n) is 2.29. The van der Waals surface area contributed by atoms with Gasteiger partial charge in [0.05, 0.1) is 19.0 Å². The molecule has 2 unspecified atom stereocenters. The summed E-state index contributed by atoms with van der Waals surface area (Å²) in [5, 5.41) is 0. The molecule has 3 rings (SSSR count). The topological polar surface area (TPSA) is 30.4 Å². The average molecular weight is 164 g/mol. The monoisotopic (exact) mass is 164 g/mol. The lowest BCUT2D eigenvalue weighted by atomic mass is 10.1. The van der Waals surface area contributed by atoms with Gasteiger partial charge in [0, 0.05) is 12.4 Å². The fraction of sp³-hybridized carbons (Fsp3) is 0.667. The summed E-state index contributed by atoms with van der Waals surface area (Å²) >= 11 is 0. The first-order chi connectivity index (χ1) is 5.89. The number of hydrogen-bond acceptors (Lipinski definition) is 2. The van der Waals surface area contributed by atoms with E-state index in [1.54, 1.807) is 0 Å². The van der Waals surface area contributed by atoms with Crippen LogP contribution in [0.25, 0.3) is 0 Å². The average Bonchev–Trinajstić information content (AvgIpc) is 2.56. The van der Waals surface area contributed by atoms with Gasteiger partial charge in [0.1, 0.15) is 5.60 Å². The maximum absolute atomic E-state index is 5.67. The molecule has 1 saturated heterocycles. The van der Waals surface area contributed by atoms with E-state index in [0.717, 1.165) is 6.54 Å². The molecule has 0 N–H and O–H groups in total. The van der Waals surface area contributed by atoms with Crippen molar-refractivity contribution in [1.82, 2.24) is 9.55 Å². The molecule has 2 atom stereocenters. The molecule has 1 aromatic rings. The number of aromatic nitrogens is 2. The fourth-order valence-corrected chi connectivity index (χ4v) is 2.29. The van der Waals surface area contributed by atoms with Crippen molar-refractivity contribution < 1.29 is 4.74 Å². The van der Waals surface area contributed by atoms with Gasteiger partial charge in [-0.3, -0.25) is 0 Å². The first kappa shape index (κ1) is 6.66. The molecule has 3 heteroatoms. The maximum atomic E-state index is 5.67. The molecule has 2 heterocycles. The zero-order valence-electron chi connectivity index (χ0n) is 6.94. The minimum Gasteiger partial charge on any atom is -0.364 e. The number of ether oxygens (including phenoxy) is 1. The van der Waals surface area contributed by atoms with E-state index >= 15 is 0 Å². The van der Waals surface area contributed by atoms with Gasteiger partial charge in [0.15, 0.2) is 0 Å². The summed E-state index contributed by atoms with van der Waals surface area (Å²) in [6.45, 7) is 0.998. The standard InChI is InChI=1S/C9H12N2O/c1-2-8-9(3-1,12-8)6-11-5-4-10-7-11/h4-5,7-8H,1-3,6H2. The predicted octanol–water partition coefficient (Wildman–Crippen LogP) is 1.20. The lowest BCUT2D eigenvalue weighted by Crippen LogP contribution is -2.17. The predicted molar refractivity (Wildman–Crippen MR) is 43.7 cm³/mol. The Morgan fingerprint density at radius 2 is 2.67 bits per heavy atom. The number of hydrogen-bond donors (Lipinski definition) is 0. The third-order valence-corrected chi connectivity index (χ3v) is 2.98.